The SMILES string of the molecule is O=C(NCc1ccccc1CS(=O)(=O)N1CCOCC1)c1ccc(F)cc1. The zero-order valence-corrected chi connectivity index (χ0v) is 15.5. The Hall–Kier alpha value is -2.29. The Labute approximate surface area is 158 Å². The number of rotatable bonds is 6. The molecule has 0 spiro atoms. The Morgan fingerprint density at radius 2 is 1.67 bits per heavy atom. The van der Waals surface area contributed by atoms with Gasteiger partial charge in [0.2, 0.25) is 10.0 Å². The first-order chi connectivity index (χ1) is 13.0. The third-order valence-corrected chi connectivity index (χ3v) is 6.19. The second-order valence-electron chi connectivity index (χ2n) is 6.23. The van der Waals surface area contributed by atoms with E-state index in [0.29, 0.717) is 37.4 Å². The van der Waals surface area contributed by atoms with Crippen LogP contribution >= 0.6 is 0 Å². The molecule has 0 aromatic heterocycles. The summed E-state index contributed by atoms with van der Waals surface area (Å²) in [5, 5.41) is 2.75. The molecular formula is C19H21FN2O4S. The first kappa shape index (κ1) is 19.5. The Morgan fingerprint density at radius 3 is 2.33 bits per heavy atom. The number of nitrogens with zero attached hydrogens (tertiary/aromatic N) is 1. The van der Waals surface area contributed by atoms with E-state index in [9.17, 15) is 17.6 Å². The van der Waals surface area contributed by atoms with Gasteiger partial charge in [-0.1, -0.05) is 24.3 Å². The number of carbonyl (C=O) groups excluding carboxylic acids is 1. The molecule has 6 nitrogen and oxygen atoms in total. The van der Waals surface area contributed by atoms with Gasteiger partial charge in [0.15, 0.2) is 0 Å². The summed E-state index contributed by atoms with van der Waals surface area (Å²) < 4.78 is 44.9. The second kappa shape index (κ2) is 8.60. The van der Waals surface area contributed by atoms with Crippen LogP contribution in [-0.2, 0) is 27.1 Å². The zero-order chi connectivity index (χ0) is 19.3. The normalized spacial score (nSPS) is 15.4. The maximum Gasteiger partial charge on any atom is 0.251 e. The summed E-state index contributed by atoms with van der Waals surface area (Å²) in [6.07, 6.45) is 0. The van der Waals surface area contributed by atoms with Gasteiger partial charge in [-0.05, 0) is 35.4 Å². The van der Waals surface area contributed by atoms with E-state index < -0.39 is 15.8 Å². The van der Waals surface area contributed by atoms with E-state index in [1.165, 1.54) is 28.6 Å². The lowest BCUT2D eigenvalue weighted by Crippen LogP contribution is -2.41. The number of halogens is 1. The minimum absolute atomic E-state index is 0.129. The van der Waals surface area contributed by atoms with E-state index in [-0.39, 0.29) is 18.2 Å². The Morgan fingerprint density at radius 1 is 1.04 bits per heavy atom. The van der Waals surface area contributed by atoms with E-state index in [1.54, 1.807) is 24.3 Å². The maximum atomic E-state index is 13.0. The molecule has 1 aliphatic heterocycles. The average molecular weight is 392 g/mol. The minimum atomic E-state index is -3.46. The van der Waals surface area contributed by atoms with E-state index >= 15 is 0 Å². The van der Waals surface area contributed by atoms with Crippen molar-refractivity contribution in [3.63, 3.8) is 0 Å². The first-order valence-corrected chi connectivity index (χ1v) is 10.2. The number of nitrogens with one attached hydrogen (secondary N) is 1. The quantitative estimate of drug-likeness (QED) is 0.815. The molecule has 0 unspecified atom stereocenters. The molecule has 3 rings (SSSR count). The van der Waals surface area contributed by atoms with E-state index in [1.807, 2.05) is 0 Å². The van der Waals surface area contributed by atoms with Gasteiger partial charge in [0.25, 0.3) is 5.91 Å². The molecule has 1 heterocycles. The fourth-order valence-corrected chi connectivity index (χ4v) is 4.42. The molecule has 2 aromatic rings. The maximum absolute atomic E-state index is 13.0. The largest absolute Gasteiger partial charge is 0.379 e. The molecule has 8 heteroatoms. The number of morpholine rings is 1. The van der Waals surface area contributed by atoms with E-state index in [4.69, 9.17) is 4.74 Å². The van der Waals surface area contributed by atoms with Crippen molar-refractivity contribution in [1.82, 2.24) is 9.62 Å². The Bertz CT molecular complexity index is 894. The van der Waals surface area contributed by atoms with Gasteiger partial charge in [-0.2, -0.15) is 4.31 Å². The van der Waals surface area contributed by atoms with Crippen molar-refractivity contribution in [2.45, 2.75) is 12.3 Å². The summed E-state index contributed by atoms with van der Waals surface area (Å²) >= 11 is 0. The summed E-state index contributed by atoms with van der Waals surface area (Å²) in [7, 11) is -3.46. The van der Waals surface area contributed by atoms with Crippen molar-refractivity contribution in [2.24, 2.45) is 0 Å². The molecule has 1 amide bonds. The predicted octanol–water partition coefficient (Wildman–Crippen LogP) is 1.92. The van der Waals surface area contributed by atoms with E-state index in [2.05, 4.69) is 5.32 Å². The highest BCUT2D eigenvalue weighted by molar-refractivity contribution is 7.88. The summed E-state index contributed by atoms with van der Waals surface area (Å²) in [5.74, 6) is -0.888. The van der Waals surface area contributed by atoms with Crippen LogP contribution in [0.4, 0.5) is 4.39 Å². The second-order valence-corrected chi connectivity index (χ2v) is 8.19. The number of amides is 1. The van der Waals surface area contributed by atoms with Crippen molar-refractivity contribution in [3.05, 3.63) is 71.0 Å². The zero-order valence-electron chi connectivity index (χ0n) is 14.7. The third-order valence-electron chi connectivity index (χ3n) is 4.37. The highest BCUT2D eigenvalue weighted by Crippen LogP contribution is 2.17. The number of hydrogen-bond donors (Lipinski definition) is 1. The van der Waals surface area contributed by atoms with Crippen LogP contribution in [0, 0.1) is 5.82 Å². The molecule has 0 atom stereocenters. The van der Waals surface area contributed by atoms with Gasteiger partial charge in [-0.3, -0.25) is 4.79 Å². The van der Waals surface area contributed by atoms with E-state index in [0.717, 1.165) is 5.56 Å². The minimum Gasteiger partial charge on any atom is -0.379 e. The standard InChI is InChI=1S/C19H21FN2O4S/c20-18-7-5-15(6-8-18)19(23)21-13-16-3-1-2-4-17(16)14-27(24,25)22-9-11-26-12-10-22/h1-8H,9-14H2,(H,21,23). The van der Waals surface area contributed by atoms with Crippen molar-refractivity contribution in [2.75, 3.05) is 26.3 Å². The molecular weight excluding hydrogens is 371 g/mol. The summed E-state index contributed by atoms with van der Waals surface area (Å²) in [6.45, 7) is 1.69. The van der Waals surface area contributed by atoms with Crippen LogP contribution < -0.4 is 5.32 Å². The van der Waals surface area contributed by atoms with Crippen molar-refractivity contribution >= 4 is 15.9 Å². The fourth-order valence-electron chi connectivity index (χ4n) is 2.86. The van der Waals surface area contributed by atoms with Gasteiger partial charge in [0, 0.05) is 25.2 Å². The number of hydrogen-bond acceptors (Lipinski definition) is 4. The molecule has 1 N–H and O–H groups in total. The number of carbonyl (C=O) groups is 1. The Kier molecular flexibility index (Phi) is 6.20. The van der Waals surface area contributed by atoms with Crippen LogP contribution in [0.2, 0.25) is 0 Å². The molecule has 0 saturated carbocycles. The lowest BCUT2D eigenvalue weighted by atomic mass is 10.1. The van der Waals surface area contributed by atoms with Crippen molar-refractivity contribution in [1.29, 1.82) is 0 Å². The summed E-state index contributed by atoms with van der Waals surface area (Å²) in [5.41, 5.74) is 1.71. The highest BCUT2D eigenvalue weighted by atomic mass is 32.2. The van der Waals surface area contributed by atoms with Gasteiger partial charge in [-0.25, -0.2) is 12.8 Å². The van der Waals surface area contributed by atoms with Crippen LogP contribution in [-0.4, -0.2) is 44.9 Å². The van der Waals surface area contributed by atoms with Crippen molar-refractivity contribution in [3.8, 4) is 0 Å². The monoisotopic (exact) mass is 392 g/mol. The summed E-state index contributed by atoms with van der Waals surface area (Å²) in [6, 6.07) is 12.3. The number of benzene rings is 2. The number of ether oxygens (including phenoxy) is 1. The van der Waals surface area contributed by atoms with Crippen LogP contribution in [0.25, 0.3) is 0 Å². The molecule has 1 fully saturated rings. The fraction of sp³-hybridized carbons (Fsp3) is 0.316. The smallest absolute Gasteiger partial charge is 0.251 e. The van der Waals surface area contributed by atoms with Gasteiger partial charge in [0.05, 0.1) is 19.0 Å². The van der Waals surface area contributed by atoms with Gasteiger partial charge < -0.3 is 10.1 Å². The Balaban J connectivity index is 1.68. The lowest BCUT2D eigenvalue weighted by Gasteiger charge is -2.26. The molecule has 0 bridgehead atoms. The molecule has 0 aliphatic carbocycles. The topological polar surface area (TPSA) is 75.7 Å². The summed E-state index contributed by atoms with van der Waals surface area (Å²) in [4.78, 5) is 12.2. The molecule has 1 saturated heterocycles. The van der Waals surface area contributed by atoms with Crippen LogP contribution in [0.5, 0.6) is 0 Å². The highest BCUT2D eigenvalue weighted by Gasteiger charge is 2.25. The average Bonchev–Trinajstić information content (AvgIpc) is 2.68. The van der Waals surface area contributed by atoms with Crippen LogP contribution in [0.3, 0.4) is 0 Å². The van der Waals surface area contributed by atoms with Crippen LogP contribution in [0.1, 0.15) is 21.5 Å². The molecule has 27 heavy (non-hydrogen) atoms. The van der Waals surface area contributed by atoms with Gasteiger partial charge in [0.1, 0.15) is 5.82 Å². The molecule has 0 radical (unpaired) electrons. The molecule has 2 aromatic carbocycles. The van der Waals surface area contributed by atoms with Gasteiger partial charge in [-0.15, -0.1) is 0 Å². The molecule has 1 aliphatic rings. The third kappa shape index (κ3) is 5.12. The lowest BCUT2D eigenvalue weighted by molar-refractivity contribution is 0.0729. The van der Waals surface area contributed by atoms with Crippen molar-refractivity contribution < 1.29 is 22.3 Å². The number of sulfonamides is 1. The predicted molar refractivity (Wildman–Crippen MR) is 99.0 cm³/mol. The molecule has 144 valence electrons. The van der Waals surface area contributed by atoms with Crippen LogP contribution in [0.15, 0.2) is 48.5 Å². The first-order valence-electron chi connectivity index (χ1n) is 8.62. The van der Waals surface area contributed by atoms with Gasteiger partial charge >= 0.3 is 0 Å².